The third-order valence-electron chi connectivity index (χ3n) is 2.41. The summed E-state index contributed by atoms with van der Waals surface area (Å²) in [5.74, 6) is 0. The van der Waals surface area contributed by atoms with Crippen LogP contribution in [0.2, 0.25) is 0 Å². The maximum Gasteiger partial charge on any atom is -0.0359 e. The molecule has 0 radical (unpaired) electrons. The van der Waals surface area contributed by atoms with Gasteiger partial charge in [0.2, 0.25) is 0 Å². The van der Waals surface area contributed by atoms with E-state index in [-0.39, 0.29) is 0 Å². The Balaban J connectivity index is 0. The molecule has 0 fully saturated rings. The third kappa shape index (κ3) is 13.1. The molecule has 0 saturated heterocycles. The Morgan fingerprint density at radius 1 is 0.727 bits per heavy atom. The highest BCUT2D eigenvalue weighted by molar-refractivity contribution is 4.61. The second-order valence-electron chi connectivity index (χ2n) is 3.87. The number of rotatable bonds is 3. The minimum absolute atomic E-state index is 0.583. The van der Waals surface area contributed by atoms with E-state index in [4.69, 9.17) is 0 Å². The Labute approximate surface area is 73.4 Å². The van der Waals surface area contributed by atoms with Crippen LogP contribution in [-0.4, -0.2) is 0 Å². The lowest BCUT2D eigenvalue weighted by Crippen LogP contribution is -2.05. The van der Waals surface area contributed by atoms with Crippen molar-refractivity contribution >= 4 is 0 Å². The standard InChI is InChI=1S/C7H16.C4H10/c1-5-7(3,4)6-2;1-3-4-2/h5-6H2,1-4H3;3-4H2,1-2H3. The number of unbranched alkanes of at least 4 members (excludes halogenated alkanes) is 1. The molecule has 0 aliphatic carbocycles. The van der Waals surface area contributed by atoms with Gasteiger partial charge < -0.3 is 0 Å². The normalized spacial score (nSPS) is 10.4. The lowest BCUT2D eigenvalue weighted by molar-refractivity contribution is 0.338. The molecule has 0 saturated carbocycles. The van der Waals surface area contributed by atoms with Gasteiger partial charge in [0.1, 0.15) is 0 Å². The van der Waals surface area contributed by atoms with E-state index in [2.05, 4.69) is 41.5 Å². The summed E-state index contributed by atoms with van der Waals surface area (Å²) in [5.41, 5.74) is 0.583. The van der Waals surface area contributed by atoms with Gasteiger partial charge in [-0.2, -0.15) is 0 Å². The van der Waals surface area contributed by atoms with Crippen molar-refractivity contribution in [3.63, 3.8) is 0 Å². The SMILES string of the molecule is CCC(C)(C)CC.CCCC. The molecule has 0 spiro atoms. The largest absolute Gasteiger partial charge is 0.0654 e. The molecule has 11 heavy (non-hydrogen) atoms. The first-order valence-electron chi connectivity index (χ1n) is 5.04. The Bertz CT molecular complexity index is 54.4. The first kappa shape index (κ1) is 13.6. The Hall–Kier alpha value is 0. The fourth-order valence-electron chi connectivity index (χ4n) is 0.250. The predicted molar refractivity (Wildman–Crippen MR) is 54.9 cm³/mol. The highest BCUT2D eigenvalue weighted by Gasteiger charge is 2.09. The summed E-state index contributed by atoms with van der Waals surface area (Å²) in [6, 6.07) is 0. The van der Waals surface area contributed by atoms with E-state index < -0.39 is 0 Å². The van der Waals surface area contributed by atoms with Gasteiger partial charge in [0.05, 0.1) is 0 Å². The average Bonchev–Trinajstić information content (AvgIpc) is 2.05. The molecular weight excluding hydrogens is 132 g/mol. The van der Waals surface area contributed by atoms with Crippen LogP contribution >= 0.6 is 0 Å². The van der Waals surface area contributed by atoms with Crippen molar-refractivity contribution in [1.29, 1.82) is 0 Å². The summed E-state index contributed by atoms with van der Waals surface area (Å²) in [4.78, 5) is 0. The topological polar surface area (TPSA) is 0 Å². The van der Waals surface area contributed by atoms with Crippen LogP contribution < -0.4 is 0 Å². The van der Waals surface area contributed by atoms with Gasteiger partial charge >= 0.3 is 0 Å². The summed E-state index contributed by atoms with van der Waals surface area (Å²) < 4.78 is 0. The highest BCUT2D eigenvalue weighted by atomic mass is 14.1. The summed E-state index contributed by atoms with van der Waals surface area (Å²) >= 11 is 0. The fourth-order valence-corrected chi connectivity index (χ4v) is 0.250. The Morgan fingerprint density at radius 3 is 1.00 bits per heavy atom. The maximum atomic E-state index is 2.30. The second-order valence-corrected chi connectivity index (χ2v) is 3.87. The summed E-state index contributed by atoms with van der Waals surface area (Å²) in [7, 11) is 0. The van der Waals surface area contributed by atoms with E-state index in [1.165, 1.54) is 25.7 Å². The molecule has 0 heteroatoms. The Morgan fingerprint density at radius 2 is 1.00 bits per heavy atom. The minimum Gasteiger partial charge on any atom is -0.0654 e. The van der Waals surface area contributed by atoms with Crippen LogP contribution in [0.1, 0.15) is 67.2 Å². The zero-order valence-electron chi connectivity index (χ0n) is 9.33. The molecule has 0 heterocycles. The van der Waals surface area contributed by atoms with Gasteiger partial charge in [0, 0.05) is 0 Å². The van der Waals surface area contributed by atoms with Crippen LogP contribution in [0.25, 0.3) is 0 Å². The molecule has 0 N–H and O–H groups in total. The van der Waals surface area contributed by atoms with Gasteiger partial charge in [-0.05, 0) is 5.41 Å². The minimum atomic E-state index is 0.583. The van der Waals surface area contributed by atoms with Gasteiger partial charge in [-0.3, -0.25) is 0 Å². The van der Waals surface area contributed by atoms with Crippen molar-refractivity contribution in [1.82, 2.24) is 0 Å². The molecule has 0 nitrogen and oxygen atoms in total. The van der Waals surface area contributed by atoms with Gasteiger partial charge in [-0.1, -0.05) is 67.2 Å². The van der Waals surface area contributed by atoms with E-state index in [0.29, 0.717) is 5.41 Å². The van der Waals surface area contributed by atoms with E-state index in [1.54, 1.807) is 0 Å². The molecule has 0 aliphatic rings. The van der Waals surface area contributed by atoms with Crippen molar-refractivity contribution in [2.24, 2.45) is 5.41 Å². The van der Waals surface area contributed by atoms with Crippen molar-refractivity contribution in [2.45, 2.75) is 67.2 Å². The highest BCUT2D eigenvalue weighted by Crippen LogP contribution is 2.22. The van der Waals surface area contributed by atoms with Crippen LogP contribution in [0.3, 0.4) is 0 Å². The van der Waals surface area contributed by atoms with Crippen molar-refractivity contribution < 1.29 is 0 Å². The molecular formula is C11H26. The van der Waals surface area contributed by atoms with Crippen LogP contribution in [0, 0.1) is 5.41 Å². The smallest absolute Gasteiger partial charge is 0.0359 e. The lowest BCUT2D eigenvalue weighted by atomic mass is 9.88. The fraction of sp³-hybridized carbons (Fsp3) is 1.00. The molecule has 0 atom stereocenters. The zero-order valence-corrected chi connectivity index (χ0v) is 9.33. The van der Waals surface area contributed by atoms with E-state index in [9.17, 15) is 0 Å². The van der Waals surface area contributed by atoms with Gasteiger partial charge in [0.15, 0.2) is 0 Å². The monoisotopic (exact) mass is 158 g/mol. The van der Waals surface area contributed by atoms with Crippen LogP contribution in [-0.2, 0) is 0 Å². The van der Waals surface area contributed by atoms with Crippen molar-refractivity contribution in [3.05, 3.63) is 0 Å². The lowest BCUT2D eigenvalue weighted by Gasteiger charge is -2.18. The summed E-state index contributed by atoms with van der Waals surface area (Å²) in [6.07, 6.45) is 5.23. The number of hydrogen-bond donors (Lipinski definition) is 0. The van der Waals surface area contributed by atoms with Crippen LogP contribution in [0.4, 0.5) is 0 Å². The molecule has 0 rings (SSSR count). The predicted octanol–water partition coefficient (Wildman–Crippen LogP) is 4.64. The quantitative estimate of drug-likeness (QED) is 0.561. The van der Waals surface area contributed by atoms with Crippen LogP contribution in [0.15, 0.2) is 0 Å². The van der Waals surface area contributed by atoms with E-state index in [1.807, 2.05) is 0 Å². The van der Waals surface area contributed by atoms with E-state index in [0.717, 1.165) is 0 Å². The van der Waals surface area contributed by atoms with Crippen molar-refractivity contribution in [2.75, 3.05) is 0 Å². The molecule has 70 valence electrons. The molecule has 0 bridgehead atoms. The summed E-state index contributed by atoms with van der Waals surface area (Å²) in [5, 5.41) is 0. The third-order valence-corrected chi connectivity index (χ3v) is 2.41. The first-order chi connectivity index (χ1) is 5.04. The van der Waals surface area contributed by atoms with Gasteiger partial charge in [-0.25, -0.2) is 0 Å². The first-order valence-corrected chi connectivity index (χ1v) is 5.04. The molecule has 0 aromatic rings. The van der Waals surface area contributed by atoms with E-state index >= 15 is 0 Å². The molecule has 0 amide bonds. The van der Waals surface area contributed by atoms with Crippen LogP contribution in [0.5, 0.6) is 0 Å². The van der Waals surface area contributed by atoms with Gasteiger partial charge in [-0.15, -0.1) is 0 Å². The summed E-state index contributed by atoms with van der Waals surface area (Å²) in [6.45, 7) is 13.4. The number of hydrogen-bond acceptors (Lipinski definition) is 0. The zero-order chi connectivity index (χ0) is 9.33. The molecule has 0 aromatic heterocycles. The maximum absolute atomic E-state index is 2.30. The second kappa shape index (κ2) is 8.10. The average molecular weight is 158 g/mol. The Kier molecular flexibility index (Phi) is 10.0. The van der Waals surface area contributed by atoms with Gasteiger partial charge in [0.25, 0.3) is 0 Å². The molecule has 0 unspecified atom stereocenters. The molecule has 0 aliphatic heterocycles. The van der Waals surface area contributed by atoms with Crippen molar-refractivity contribution in [3.8, 4) is 0 Å². The molecule has 0 aromatic carbocycles.